The molecule has 0 aliphatic carbocycles. The summed E-state index contributed by atoms with van der Waals surface area (Å²) in [5, 5.41) is 4.85. The molecule has 0 aliphatic heterocycles. The number of aryl methyl sites for hydroxylation is 1. The van der Waals surface area contributed by atoms with E-state index in [1.807, 2.05) is 76.1 Å². The Morgan fingerprint density at radius 3 is 2.25 bits per heavy atom. The summed E-state index contributed by atoms with van der Waals surface area (Å²) in [7, 11) is 3.09. The molecule has 0 amide bonds. The maximum atomic E-state index is 12.6. The summed E-state index contributed by atoms with van der Waals surface area (Å²) in [6, 6.07) is 19.8. The lowest BCUT2D eigenvalue weighted by molar-refractivity contribution is 0.685. The Bertz CT molecular complexity index is 1560. The topological polar surface area (TPSA) is 79.6 Å². The molecule has 0 unspecified atom stereocenters. The molecule has 0 N–H and O–H groups in total. The van der Waals surface area contributed by atoms with E-state index in [2.05, 4.69) is 20.9 Å². The average Bonchev–Trinajstić information content (AvgIpc) is 3.39. The summed E-state index contributed by atoms with van der Waals surface area (Å²) < 4.78 is 6.63. The smallest absolute Gasteiger partial charge is 0.300 e. The van der Waals surface area contributed by atoms with Crippen molar-refractivity contribution in [3.63, 3.8) is 0 Å². The first-order chi connectivity index (χ1) is 15.5. The zero-order chi connectivity index (χ0) is 22.4. The van der Waals surface area contributed by atoms with E-state index in [1.54, 1.807) is 7.05 Å². The lowest BCUT2D eigenvalue weighted by atomic mass is 10.1. The quantitative estimate of drug-likeness (QED) is 0.362. The molecule has 2 aromatic carbocycles. The largest absolute Gasteiger partial charge is 0.332 e. The molecule has 0 saturated carbocycles. The second-order valence-corrected chi connectivity index (χ2v) is 8.20. The number of imidazole rings is 1. The molecule has 0 spiro atoms. The molecule has 0 saturated heterocycles. The Balaban J connectivity index is 1.72. The van der Waals surface area contributed by atoms with Gasteiger partial charge in [-0.15, -0.1) is 0 Å². The highest BCUT2D eigenvalue weighted by atomic mass is 79.9. The fourth-order valence-corrected chi connectivity index (χ4v) is 4.32. The highest BCUT2D eigenvalue weighted by molar-refractivity contribution is 9.10. The fourth-order valence-electron chi connectivity index (χ4n) is 3.85. The van der Waals surface area contributed by atoms with Crippen molar-refractivity contribution in [1.29, 1.82) is 0 Å². The van der Waals surface area contributed by atoms with Crippen molar-refractivity contribution in [1.82, 2.24) is 28.5 Å². The number of rotatable bonds is 4. The minimum atomic E-state index is -0.425. The predicted molar refractivity (Wildman–Crippen MR) is 126 cm³/mol. The zero-order valence-corrected chi connectivity index (χ0v) is 19.0. The predicted octanol–water partition coefficient (Wildman–Crippen LogP) is 3.10. The number of hydrogen-bond acceptors (Lipinski definition) is 4. The van der Waals surface area contributed by atoms with Crippen LogP contribution in [0.25, 0.3) is 28.1 Å². The molecule has 0 aliphatic rings. The van der Waals surface area contributed by atoms with Gasteiger partial charge >= 0.3 is 5.69 Å². The number of nitrogens with zero attached hydrogens (tertiary/aromatic N) is 6. The molecule has 3 heterocycles. The van der Waals surface area contributed by atoms with Gasteiger partial charge in [-0.3, -0.25) is 18.5 Å². The number of aromatic nitrogens is 6. The molecule has 0 fully saturated rings. The van der Waals surface area contributed by atoms with E-state index >= 15 is 0 Å². The fraction of sp³-hybridized carbons (Fsp3) is 0.130. The van der Waals surface area contributed by atoms with Crippen molar-refractivity contribution >= 4 is 27.1 Å². The van der Waals surface area contributed by atoms with Crippen molar-refractivity contribution in [3.05, 3.63) is 98.0 Å². The third kappa shape index (κ3) is 3.21. The Labute approximate surface area is 191 Å². The summed E-state index contributed by atoms with van der Waals surface area (Å²) in [5.74, 6) is 0. The van der Waals surface area contributed by atoms with Crippen LogP contribution in [0.5, 0.6) is 0 Å². The van der Waals surface area contributed by atoms with Gasteiger partial charge in [0.15, 0.2) is 15.9 Å². The molecule has 5 aromatic rings. The van der Waals surface area contributed by atoms with Gasteiger partial charge in [0, 0.05) is 31.4 Å². The van der Waals surface area contributed by atoms with Crippen LogP contribution in [0.2, 0.25) is 0 Å². The van der Waals surface area contributed by atoms with E-state index < -0.39 is 11.2 Å². The maximum absolute atomic E-state index is 12.6. The van der Waals surface area contributed by atoms with Gasteiger partial charge in [-0.1, -0.05) is 48.5 Å². The zero-order valence-electron chi connectivity index (χ0n) is 17.4. The first kappa shape index (κ1) is 20.2. The first-order valence-corrected chi connectivity index (χ1v) is 10.8. The molecule has 5 rings (SSSR count). The van der Waals surface area contributed by atoms with Crippen LogP contribution in [0.3, 0.4) is 0 Å². The van der Waals surface area contributed by atoms with E-state index in [0.29, 0.717) is 16.9 Å². The van der Waals surface area contributed by atoms with Gasteiger partial charge in [-0.05, 0) is 28.1 Å². The number of benzene rings is 2. The summed E-state index contributed by atoms with van der Waals surface area (Å²) >= 11 is 3.48. The first-order valence-electron chi connectivity index (χ1n) is 9.97. The van der Waals surface area contributed by atoms with Crippen molar-refractivity contribution in [2.24, 2.45) is 14.1 Å². The van der Waals surface area contributed by atoms with Crippen LogP contribution in [-0.4, -0.2) is 28.5 Å². The van der Waals surface area contributed by atoms with Crippen molar-refractivity contribution in [3.8, 4) is 16.9 Å². The Hall–Kier alpha value is -3.72. The van der Waals surface area contributed by atoms with E-state index in [0.717, 1.165) is 27.1 Å². The van der Waals surface area contributed by atoms with Crippen LogP contribution < -0.4 is 11.2 Å². The van der Waals surface area contributed by atoms with Crippen molar-refractivity contribution in [2.75, 3.05) is 0 Å². The monoisotopic (exact) mass is 490 g/mol. The van der Waals surface area contributed by atoms with Crippen molar-refractivity contribution in [2.45, 2.75) is 6.54 Å². The average molecular weight is 491 g/mol. The van der Waals surface area contributed by atoms with Crippen molar-refractivity contribution < 1.29 is 0 Å². The minimum absolute atomic E-state index is 0.234. The molecule has 9 heteroatoms. The van der Waals surface area contributed by atoms with Crippen LogP contribution in [-0.2, 0) is 20.6 Å². The van der Waals surface area contributed by atoms with Crippen LogP contribution in [0.15, 0.2) is 81.2 Å². The Kier molecular flexibility index (Phi) is 4.90. The SMILES string of the molecule is Cn1c(=O)c2nc(Br)n(Cc3cn(-c4ccccc4)nc3-c3ccccc3)c2n(C)c1=O. The third-order valence-electron chi connectivity index (χ3n) is 5.48. The van der Waals surface area contributed by atoms with Gasteiger partial charge in [-0.25, -0.2) is 14.5 Å². The van der Waals surface area contributed by atoms with E-state index in [4.69, 9.17) is 5.10 Å². The van der Waals surface area contributed by atoms with Crippen LogP contribution in [0.4, 0.5) is 0 Å². The van der Waals surface area contributed by atoms with Crippen LogP contribution in [0, 0.1) is 0 Å². The number of halogens is 1. The molecular formula is C23H19BrN6O2. The van der Waals surface area contributed by atoms with Gasteiger partial charge < -0.3 is 0 Å². The lowest BCUT2D eigenvalue weighted by Crippen LogP contribution is -2.37. The second kappa shape index (κ2) is 7.76. The van der Waals surface area contributed by atoms with Gasteiger partial charge in [0.1, 0.15) is 0 Å². The van der Waals surface area contributed by atoms with Gasteiger partial charge in [0.2, 0.25) is 0 Å². The van der Waals surface area contributed by atoms with Crippen LogP contribution in [0.1, 0.15) is 5.56 Å². The highest BCUT2D eigenvalue weighted by Gasteiger charge is 2.20. The highest BCUT2D eigenvalue weighted by Crippen LogP contribution is 2.27. The molecule has 3 aromatic heterocycles. The summed E-state index contributed by atoms with van der Waals surface area (Å²) in [6.07, 6.45) is 1.97. The van der Waals surface area contributed by atoms with Gasteiger partial charge in [0.25, 0.3) is 5.56 Å². The summed E-state index contributed by atoms with van der Waals surface area (Å²) in [4.78, 5) is 29.6. The summed E-state index contributed by atoms with van der Waals surface area (Å²) in [6.45, 7) is 0.370. The second-order valence-electron chi connectivity index (χ2n) is 7.49. The van der Waals surface area contributed by atoms with E-state index in [1.165, 1.54) is 11.6 Å². The third-order valence-corrected chi connectivity index (χ3v) is 6.08. The standard InChI is InChI=1S/C23H19BrN6O2/c1-27-20-19(21(31)28(2)23(27)32)25-22(24)29(20)13-16-14-30(17-11-7-4-8-12-17)26-18(16)15-9-5-3-6-10-15/h3-12,14H,13H2,1-2H3. The number of hydrogen-bond donors (Lipinski definition) is 0. The molecule has 0 bridgehead atoms. The van der Waals surface area contributed by atoms with Gasteiger partial charge in [-0.2, -0.15) is 5.10 Å². The van der Waals surface area contributed by atoms with E-state index in [9.17, 15) is 9.59 Å². The summed E-state index contributed by atoms with van der Waals surface area (Å²) in [5.41, 5.74) is 3.51. The normalized spacial score (nSPS) is 11.3. The number of fused-ring (bicyclic) bond motifs is 1. The molecule has 160 valence electrons. The van der Waals surface area contributed by atoms with Crippen LogP contribution >= 0.6 is 15.9 Å². The van der Waals surface area contributed by atoms with E-state index in [-0.39, 0.29) is 5.52 Å². The molecule has 32 heavy (non-hydrogen) atoms. The Morgan fingerprint density at radius 1 is 0.906 bits per heavy atom. The molecule has 0 atom stereocenters. The maximum Gasteiger partial charge on any atom is 0.332 e. The lowest BCUT2D eigenvalue weighted by Gasteiger charge is -2.10. The number of para-hydroxylation sites is 1. The molecular weight excluding hydrogens is 472 g/mol. The van der Waals surface area contributed by atoms with Gasteiger partial charge in [0.05, 0.1) is 17.9 Å². The Morgan fingerprint density at radius 2 is 1.56 bits per heavy atom. The molecule has 0 radical (unpaired) electrons. The minimum Gasteiger partial charge on any atom is -0.300 e. The molecule has 8 nitrogen and oxygen atoms in total.